The molecular weight excluding hydrogens is 164 g/mol. The molecule has 0 unspecified atom stereocenters. The minimum Gasteiger partial charge on any atom is -0.400 e. The second-order valence-corrected chi connectivity index (χ2v) is 4.95. The summed E-state index contributed by atoms with van der Waals surface area (Å²) in [7, 11) is 3.65. The second-order valence-electron chi connectivity index (χ2n) is 1.65. The maximum Gasteiger partial charge on any atom is 0.499 e. The fourth-order valence-electron chi connectivity index (χ4n) is 0.683. The molecule has 5 heteroatoms. The summed E-state index contributed by atoms with van der Waals surface area (Å²) < 4.78 is 15.2. The number of rotatable bonds is 4. The van der Waals surface area contributed by atoms with Gasteiger partial charge in [0.05, 0.1) is 0 Å². The molecule has 0 aromatic carbocycles. The van der Waals surface area contributed by atoms with E-state index in [1.54, 1.807) is 21.3 Å². The fraction of sp³-hybridized carbons (Fsp3) is 1.00. The first-order valence-electron chi connectivity index (χ1n) is 3.34. The molecular formula is C6H18O4Si. The molecule has 0 saturated heterocycles. The van der Waals surface area contributed by atoms with Crippen LogP contribution in [0.25, 0.3) is 0 Å². The van der Waals surface area contributed by atoms with Crippen molar-refractivity contribution < 1.29 is 18.4 Å². The third-order valence-electron chi connectivity index (χ3n) is 1.37. The summed E-state index contributed by atoms with van der Waals surface area (Å²) in [6.45, 7) is 1.99. The monoisotopic (exact) mass is 182 g/mol. The van der Waals surface area contributed by atoms with Crippen molar-refractivity contribution in [3.8, 4) is 0 Å². The van der Waals surface area contributed by atoms with Gasteiger partial charge in [-0.2, -0.15) is 0 Å². The molecule has 0 aromatic rings. The van der Waals surface area contributed by atoms with Crippen LogP contribution in [0.4, 0.5) is 0 Å². The van der Waals surface area contributed by atoms with Crippen molar-refractivity contribution >= 4 is 8.80 Å². The molecule has 70 valence electrons. The maximum absolute atomic E-state index is 7.00. The minimum atomic E-state index is -2.19. The van der Waals surface area contributed by atoms with E-state index in [1.165, 1.54) is 0 Å². The van der Waals surface area contributed by atoms with Crippen LogP contribution in [0.15, 0.2) is 0 Å². The van der Waals surface area contributed by atoms with Crippen LogP contribution in [-0.2, 0) is 13.3 Å². The van der Waals surface area contributed by atoms with Crippen LogP contribution in [0.5, 0.6) is 0 Å². The average Bonchev–Trinajstić information content (AvgIpc) is 2.13. The zero-order chi connectivity index (χ0) is 9.33. The summed E-state index contributed by atoms with van der Waals surface area (Å²) >= 11 is 0. The quantitative estimate of drug-likeness (QED) is 0.643. The zero-order valence-corrected chi connectivity index (χ0v) is 8.88. The van der Waals surface area contributed by atoms with E-state index in [4.69, 9.17) is 18.4 Å². The molecule has 0 aliphatic heterocycles. The molecule has 0 aliphatic carbocycles. The van der Waals surface area contributed by atoms with Gasteiger partial charge in [0.2, 0.25) is 0 Å². The van der Waals surface area contributed by atoms with Gasteiger partial charge in [0, 0.05) is 34.5 Å². The van der Waals surface area contributed by atoms with E-state index in [-0.39, 0.29) is 0 Å². The van der Waals surface area contributed by atoms with Crippen molar-refractivity contribution in [2.75, 3.05) is 28.4 Å². The van der Waals surface area contributed by atoms with Crippen LogP contribution >= 0.6 is 0 Å². The Kier molecular flexibility index (Phi) is 10.1. The van der Waals surface area contributed by atoms with Crippen molar-refractivity contribution in [3.05, 3.63) is 0 Å². The van der Waals surface area contributed by atoms with Crippen LogP contribution in [0, 0.1) is 0 Å². The Labute approximate surface area is 69.5 Å². The second kappa shape index (κ2) is 8.16. The van der Waals surface area contributed by atoms with Crippen LogP contribution in [-0.4, -0.2) is 42.4 Å². The first kappa shape index (κ1) is 13.6. The molecule has 0 saturated carbocycles. The Morgan fingerprint density at radius 3 is 1.27 bits per heavy atom. The average molecular weight is 182 g/mol. The highest BCUT2D eigenvalue weighted by Gasteiger charge is 2.34. The van der Waals surface area contributed by atoms with Gasteiger partial charge in [-0.3, -0.25) is 0 Å². The first-order valence-corrected chi connectivity index (χ1v) is 5.28. The normalized spacial score (nSPS) is 10.4. The summed E-state index contributed by atoms with van der Waals surface area (Å²) in [6, 6.07) is 0.816. The standard InChI is InChI=1S/C5H14O3Si.CH4O/c1-5-9(6-2,7-3)8-4;1-2/h5H2,1-4H3;2H,1H3. The molecule has 0 spiro atoms. The van der Waals surface area contributed by atoms with Gasteiger partial charge in [-0.15, -0.1) is 0 Å². The predicted molar refractivity (Wildman–Crippen MR) is 45.4 cm³/mol. The lowest BCUT2D eigenvalue weighted by Gasteiger charge is -2.22. The van der Waals surface area contributed by atoms with Crippen LogP contribution in [0.2, 0.25) is 6.04 Å². The molecule has 0 bridgehead atoms. The molecule has 0 heterocycles. The Hall–Kier alpha value is 0.0569. The van der Waals surface area contributed by atoms with Gasteiger partial charge in [0.1, 0.15) is 0 Å². The van der Waals surface area contributed by atoms with Crippen molar-refractivity contribution in [2.24, 2.45) is 0 Å². The van der Waals surface area contributed by atoms with Crippen molar-refractivity contribution in [1.82, 2.24) is 0 Å². The van der Waals surface area contributed by atoms with Crippen LogP contribution < -0.4 is 0 Å². The molecule has 0 rings (SSSR count). The van der Waals surface area contributed by atoms with E-state index < -0.39 is 8.80 Å². The molecule has 4 nitrogen and oxygen atoms in total. The minimum absolute atomic E-state index is 0.816. The van der Waals surface area contributed by atoms with E-state index in [0.29, 0.717) is 0 Å². The first-order chi connectivity index (χ1) is 5.24. The summed E-state index contributed by atoms with van der Waals surface area (Å²) in [5.74, 6) is 0. The summed E-state index contributed by atoms with van der Waals surface area (Å²) in [5.41, 5.74) is 0. The van der Waals surface area contributed by atoms with Gasteiger partial charge in [-0.05, 0) is 0 Å². The summed E-state index contributed by atoms with van der Waals surface area (Å²) in [6.07, 6.45) is 0. The van der Waals surface area contributed by atoms with Gasteiger partial charge < -0.3 is 18.4 Å². The van der Waals surface area contributed by atoms with E-state index in [0.717, 1.165) is 13.2 Å². The lowest BCUT2D eigenvalue weighted by molar-refractivity contribution is 0.125. The summed E-state index contributed by atoms with van der Waals surface area (Å²) in [5, 5.41) is 7.00. The van der Waals surface area contributed by atoms with E-state index in [1.807, 2.05) is 6.92 Å². The number of hydrogen-bond acceptors (Lipinski definition) is 4. The topological polar surface area (TPSA) is 47.9 Å². The number of hydrogen-bond donors (Lipinski definition) is 1. The van der Waals surface area contributed by atoms with Crippen molar-refractivity contribution in [2.45, 2.75) is 13.0 Å². The van der Waals surface area contributed by atoms with Crippen molar-refractivity contribution in [1.29, 1.82) is 0 Å². The van der Waals surface area contributed by atoms with Gasteiger partial charge in [0.15, 0.2) is 0 Å². The van der Waals surface area contributed by atoms with Crippen molar-refractivity contribution in [3.63, 3.8) is 0 Å². The highest BCUT2D eigenvalue weighted by Crippen LogP contribution is 2.10. The highest BCUT2D eigenvalue weighted by molar-refractivity contribution is 6.60. The van der Waals surface area contributed by atoms with E-state index in [2.05, 4.69) is 0 Å². The van der Waals surface area contributed by atoms with E-state index >= 15 is 0 Å². The summed E-state index contributed by atoms with van der Waals surface area (Å²) in [4.78, 5) is 0. The number of aliphatic hydroxyl groups is 1. The SMILES string of the molecule is CC[Si](OC)(OC)OC.CO. The van der Waals surface area contributed by atoms with Crippen LogP contribution in [0.1, 0.15) is 6.92 Å². The Morgan fingerprint density at radius 2 is 1.27 bits per heavy atom. The van der Waals surface area contributed by atoms with Gasteiger partial charge in [-0.1, -0.05) is 6.92 Å². The van der Waals surface area contributed by atoms with E-state index in [9.17, 15) is 0 Å². The molecule has 0 fully saturated rings. The maximum atomic E-state index is 7.00. The Balaban J connectivity index is 0. The molecule has 0 amide bonds. The predicted octanol–water partition coefficient (Wildman–Crippen LogP) is 0.493. The fourth-order valence-corrected chi connectivity index (χ4v) is 2.05. The molecule has 11 heavy (non-hydrogen) atoms. The lowest BCUT2D eigenvalue weighted by Crippen LogP contribution is -2.41. The number of aliphatic hydroxyl groups excluding tert-OH is 1. The third kappa shape index (κ3) is 4.49. The smallest absolute Gasteiger partial charge is 0.400 e. The largest absolute Gasteiger partial charge is 0.499 e. The molecule has 1 N–H and O–H groups in total. The molecule has 0 aromatic heterocycles. The zero-order valence-electron chi connectivity index (χ0n) is 7.88. The molecule has 0 aliphatic rings. The highest BCUT2D eigenvalue weighted by atomic mass is 28.4. The van der Waals surface area contributed by atoms with Crippen LogP contribution in [0.3, 0.4) is 0 Å². The van der Waals surface area contributed by atoms with Gasteiger partial charge in [0.25, 0.3) is 0 Å². The lowest BCUT2D eigenvalue weighted by atomic mass is 11.0. The Bertz CT molecular complexity index is 57.5. The third-order valence-corrected chi connectivity index (χ3v) is 4.10. The molecule has 0 atom stereocenters. The van der Waals surface area contributed by atoms with Gasteiger partial charge in [-0.25, -0.2) is 0 Å². The Morgan fingerprint density at radius 1 is 1.00 bits per heavy atom. The van der Waals surface area contributed by atoms with Gasteiger partial charge >= 0.3 is 8.80 Å². The molecule has 0 radical (unpaired) electrons.